The first-order valence-corrected chi connectivity index (χ1v) is 10.2. The lowest BCUT2D eigenvalue weighted by atomic mass is 9.96. The van der Waals surface area contributed by atoms with Crippen LogP contribution in [0.2, 0.25) is 0 Å². The molecule has 1 aliphatic rings. The largest absolute Gasteiger partial charge is 0.493 e. The number of aldehydes is 1. The quantitative estimate of drug-likeness (QED) is 0.243. The lowest BCUT2D eigenvalue weighted by Crippen LogP contribution is -2.57. The third-order valence-electron chi connectivity index (χ3n) is 5.00. The van der Waals surface area contributed by atoms with Crippen LogP contribution in [0.4, 0.5) is 0 Å². The molecule has 158 valence electrons. The fraction of sp³-hybridized carbons (Fsp3) is 0.455. The van der Waals surface area contributed by atoms with Crippen molar-refractivity contribution in [2.45, 2.75) is 24.9 Å². The van der Waals surface area contributed by atoms with Crippen LogP contribution in [0, 0.1) is 0 Å². The van der Waals surface area contributed by atoms with E-state index in [-0.39, 0.29) is 17.9 Å². The molecular formula is C22H29ClN2O4. The monoisotopic (exact) mass is 420 g/mol. The molecule has 1 aliphatic heterocycles. The maximum Gasteiger partial charge on any atom is 0.181 e. The minimum atomic E-state index is -0.374. The highest BCUT2D eigenvalue weighted by Gasteiger charge is 2.30. The first-order valence-electron chi connectivity index (χ1n) is 9.67. The lowest BCUT2D eigenvalue weighted by molar-refractivity contribution is -0.117. The van der Waals surface area contributed by atoms with Gasteiger partial charge in [-0.15, -0.1) is 11.6 Å². The molecule has 6 nitrogen and oxygen atoms in total. The summed E-state index contributed by atoms with van der Waals surface area (Å²) >= 11 is 6.09. The zero-order valence-corrected chi connectivity index (χ0v) is 17.6. The molecule has 2 rings (SSSR count). The second kappa shape index (κ2) is 11.8. The number of halogens is 1. The number of benzene rings is 1. The smallest absolute Gasteiger partial charge is 0.181 e. The normalized spacial score (nSPS) is 17.9. The maximum atomic E-state index is 13.1. The number of rotatable bonds is 12. The third-order valence-corrected chi connectivity index (χ3v) is 5.36. The second-order valence-electron chi connectivity index (χ2n) is 6.86. The van der Waals surface area contributed by atoms with Gasteiger partial charge in [-0.1, -0.05) is 25.3 Å². The molecule has 0 aromatic heterocycles. The van der Waals surface area contributed by atoms with Crippen LogP contribution in [-0.4, -0.2) is 68.3 Å². The number of Topliss-reactive ketones (excluding diaryl/α,β-unsaturated/α-hetero) is 1. The predicted octanol–water partition coefficient (Wildman–Crippen LogP) is 2.70. The van der Waals surface area contributed by atoms with Gasteiger partial charge in [0.05, 0.1) is 13.2 Å². The van der Waals surface area contributed by atoms with E-state index < -0.39 is 0 Å². The van der Waals surface area contributed by atoms with Gasteiger partial charge in [-0.3, -0.25) is 9.69 Å². The first-order chi connectivity index (χ1) is 14.0. The van der Waals surface area contributed by atoms with E-state index in [0.29, 0.717) is 61.1 Å². The Bertz CT molecular complexity index is 738. The molecule has 2 atom stereocenters. The summed E-state index contributed by atoms with van der Waals surface area (Å²) in [5.41, 5.74) is 1.10. The van der Waals surface area contributed by atoms with Crippen molar-refractivity contribution in [1.82, 2.24) is 10.2 Å². The molecule has 0 aliphatic carbocycles. The molecule has 29 heavy (non-hydrogen) atoms. The van der Waals surface area contributed by atoms with Crippen LogP contribution in [0.5, 0.6) is 11.5 Å². The minimum absolute atomic E-state index is 0.0692. The van der Waals surface area contributed by atoms with Crippen molar-refractivity contribution in [3.8, 4) is 11.5 Å². The van der Waals surface area contributed by atoms with Gasteiger partial charge in [0.2, 0.25) is 0 Å². The topological polar surface area (TPSA) is 67.9 Å². The standard InChI is InChI=1S/C22H29ClN2O4/c1-4-12-29-20-8-7-17(13-21(20)28-3)16(2)22(27)19-15-25(10-9-24-19)18(14-23)6-5-11-26/h4,7-8,11,13,18-19,24H,1-2,5-6,9-10,12,14-15H2,3H3. The summed E-state index contributed by atoms with van der Waals surface area (Å²) in [5.74, 6) is 1.48. The van der Waals surface area contributed by atoms with E-state index in [2.05, 4.69) is 23.4 Å². The molecule has 1 fully saturated rings. The number of ketones is 1. The summed E-state index contributed by atoms with van der Waals surface area (Å²) < 4.78 is 10.9. The first kappa shape index (κ1) is 23.1. The highest BCUT2D eigenvalue weighted by atomic mass is 35.5. The molecule has 1 N–H and O–H groups in total. The van der Waals surface area contributed by atoms with Crippen molar-refractivity contribution in [1.29, 1.82) is 0 Å². The van der Waals surface area contributed by atoms with Gasteiger partial charge in [0.15, 0.2) is 17.3 Å². The molecule has 1 heterocycles. The highest BCUT2D eigenvalue weighted by Crippen LogP contribution is 2.31. The number of carbonyl (C=O) groups is 2. The van der Waals surface area contributed by atoms with E-state index in [1.807, 2.05) is 0 Å². The molecule has 1 aromatic rings. The van der Waals surface area contributed by atoms with E-state index in [9.17, 15) is 9.59 Å². The van der Waals surface area contributed by atoms with E-state index in [1.54, 1.807) is 31.4 Å². The van der Waals surface area contributed by atoms with Crippen LogP contribution < -0.4 is 14.8 Å². The van der Waals surface area contributed by atoms with Gasteiger partial charge in [-0.05, 0) is 24.1 Å². The van der Waals surface area contributed by atoms with Crippen molar-refractivity contribution in [3.05, 3.63) is 43.0 Å². The average Bonchev–Trinajstić information content (AvgIpc) is 2.77. The Labute approximate surface area is 177 Å². The van der Waals surface area contributed by atoms with Crippen molar-refractivity contribution in [3.63, 3.8) is 0 Å². The molecular weight excluding hydrogens is 392 g/mol. The Morgan fingerprint density at radius 3 is 2.90 bits per heavy atom. The number of nitrogens with one attached hydrogen (secondary N) is 1. The summed E-state index contributed by atoms with van der Waals surface area (Å²) in [6, 6.07) is 5.02. The zero-order valence-electron chi connectivity index (χ0n) is 16.9. The summed E-state index contributed by atoms with van der Waals surface area (Å²) in [7, 11) is 1.55. The molecule has 1 aromatic carbocycles. The fourth-order valence-corrected chi connectivity index (χ4v) is 3.72. The molecule has 2 unspecified atom stereocenters. The Morgan fingerprint density at radius 2 is 2.24 bits per heavy atom. The van der Waals surface area contributed by atoms with Crippen LogP contribution >= 0.6 is 11.6 Å². The Balaban J connectivity index is 2.09. The Morgan fingerprint density at radius 1 is 1.45 bits per heavy atom. The molecule has 0 saturated carbocycles. The van der Waals surface area contributed by atoms with E-state index in [1.165, 1.54) is 0 Å². The summed E-state index contributed by atoms with van der Waals surface area (Å²) in [6.45, 7) is 10.0. The number of ether oxygens (including phenoxy) is 2. The van der Waals surface area contributed by atoms with Gasteiger partial charge in [0.25, 0.3) is 0 Å². The fourth-order valence-electron chi connectivity index (χ4n) is 3.37. The van der Waals surface area contributed by atoms with Gasteiger partial charge < -0.3 is 19.6 Å². The Hall–Kier alpha value is -2.15. The third kappa shape index (κ3) is 6.16. The number of piperazine rings is 1. The number of hydrogen-bond acceptors (Lipinski definition) is 6. The van der Waals surface area contributed by atoms with Crippen molar-refractivity contribution in [2.24, 2.45) is 0 Å². The van der Waals surface area contributed by atoms with Crippen LogP contribution in [0.25, 0.3) is 5.57 Å². The van der Waals surface area contributed by atoms with Gasteiger partial charge in [0, 0.05) is 43.6 Å². The molecule has 7 heteroatoms. The van der Waals surface area contributed by atoms with Crippen molar-refractivity contribution in [2.75, 3.05) is 39.2 Å². The van der Waals surface area contributed by atoms with E-state index >= 15 is 0 Å². The maximum absolute atomic E-state index is 13.1. The second-order valence-corrected chi connectivity index (χ2v) is 7.17. The summed E-state index contributed by atoms with van der Waals surface area (Å²) in [4.78, 5) is 25.9. The van der Waals surface area contributed by atoms with Crippen LogP contribution in [0.3, 0.4) is 0 Å². The van der Waals surface area contributed by atoms with Gasteiger partial charge in [0.1, 0.15) is 12.9 Å². The minimum Gasteiger partial charge on any atom is -0.493 e. The average molecular weight is 421 g/mol. The van der Waals surface area contributed by atoms with Crippen LogP contribution in [0.1, 0.15) is 18.4 Å². The van der Waals surface area contributed by atoms with Gasteiger partial charge in [-0.25, -0.2) is 0 Å². The van der Waals surface area contributed by atoms with Gasteiger partial charge in [-0.2, -0.15) is 0 Å². The SMILES string of the molecule is C=CCOc1ccc(C(=C)C(=O)C2CN(C(CCl)CCC=O)CCN2)cc1OC. The number of methoxy groups -OCH3 is 1. The van der Waals surface area contributed by atoms with E-state index in [0.717, 1.165) is 12.8 Å². The zero-order chi connectivity index (χ0) is 21.2. The lowest BCUT2D eigenvalue weighted by Gasteiger charge is -2.37. The summed E-state index contributed by atoms with van der Waals surface area (Å²) in [6.07, 6.45) is 3.71. The van der Waals surface area contributed by atoms with Gasteiger partial charge >= 0.3 is 0 Å². The number of nitrogens with zero attached hydrogens (tertiary/aromatic N) is 1. The predicted molar refractivity (Wildman–Crippen MR) is 116 cm³/mol. The molecule has 0 spiro atoms. The van der Waals surface area contributed by atoms with E-state index in [4.69, 9.17) is 21.1 Å². The summed E-state index contributed by atoms with van der Waals surface area (Å²) in [5, 5.41) is 3.27. The number of carbonyl (C=O) groups excluding carboxylic acids is 2. The molecule has 0 radical (unpaired) electrons. The number of alkyl halides is 1. The molecule has 0 amide bonds. The van der Waals surface area contributed by atoms with Crippen LogP contribution in [0.15, 0.2) is 37.4 Å². The molecule has 1 saturated heterocycles. The van der Waals surface area contributed by atoms with Crippen LogP contribution in [-0.2, 0) is 9.59 Å². The highest BCUT2D eigenvalue weighted by molar-refractivity contribution is 6.22. The van der Waals surface area contributed by atoms with Crippen molar-refractivity contribution < 1.29 is 19.1 Å². The van der Waals surface area contributed by atoms with Crippen molar-refractivity contribution >= 4 is 29.2 Å². The number of hydrogen-bond donors (Lipinski definition) is 1. The Kier molecular flexibility index (Phi) is 9.38. The molecule has 0 bridgehead atoms.